The predicted molar refractivity (Wildman–Crippen MR) is 83.4 cm³/mol. The van der Waals surface area contributed by atoms with E-state index in [1.807, 2.05) is 6.92 Å². The molecule has 0 saturated carbocycles. The maximum absolute atomic E-state index is 13.4. The molecule has 7 heteroatoms. The monoisotopic (exact) mass is 315 g/mol. The molecule has 0 bridgehead atoms. The number of rotatable bonds is 6. The van der Waals surface area contributed by atoms with Crippen molar-refractivity contribution in [2.24, 2.45) is 4.99 Å². The summed E-state index contributed by atoms with van der Waals surface area (Å²) in [7, 11) is -1.52. The summed E-state index contributed by atoms with van der Waals surface area (Å²) >= 11 is 0. The van der Waals surface area contributed by atoms with Crippen LogP contribution in [0.3, 0.4) is 0 Å². The van der Waals surface area contributed by atoms with Crippen molar-refractivity contribution in [3.8, 4) is 0 Å². The number of guanidine groups is 1. The third-order valence-corrected chi connectivity index (χ3v) is 3.63. The Balaban J connectivity index is 2.84. The molecule has 0 aliphatic carbocycles. The first-order valence-electron chi connectivity index (χ1n) is 6.75. The van der Waals surface area contributed by atoms with Gasteiger partial charge in [0, 0.05) is 26.4 Å². The lowest BCUT2D eigenvalue weighted by atomic mass is 10.1. The van der Waals surface area contributed by atoms with Gasteiger partial charge >= 0.3 is 0 Å². The quantitative estimate of drug-likeness (QED) is 0.616. The summed E-state index contributed by atoms with van der Waals surface area (Å²) in [6, 6.07) is 4.13. The van der Waals surface area contributed by atoms with Crippen molar-refractivity contribution in [2.75, 3.05) is 19.8 Å². The summed E-state index contributed by atoms with van der Waals surface area (Å²) in [5, 5.41) is 6.15. The third-order valence-electron chi connectivity index (χ3n) is 2.80. The molecule has 21 heavy (non-hydrogen) atoms. The Morgan fingerprint density at radius 3 is 2.57 bits per heavy atom. The van der Waals surface area contributed by atoms with Crippen molar-refractivity contribution in [3.63, 3.8) is 0 Å². The van der Waals surface area contributed by atoms with E-state index < -0.39 is 9.84 Å². The standard InChI is InChI=1S/C14H22FN3O2S/c1-4-7-17-14(16-2)18-9-12-8-13(15)6-5-11(12)10-21(3,19)20/h5-6,8H,4,7,9-10H2,1-3H3,(H2,16,17,18). The van der Waals surface area contributed by atoms with Crippen molar-refractivity contribution in [2.45, 2.75) is 25.6 Å². The third kappa shape index (κ3) is 6.57. The lowest BCUT2D eigenvalue weighted by Crippen LogP contribution is -2.37. The second-order valence-corrected chi connectivity index (χ2v) is 6.98. The molecule has 0 saturated heterocycles. The van der Waals surface area contributed by atoms with Gasteiger partial charge in [-0.15, -0.1) is 0 Å². The van der Waals surface area contributed by atoms with Crippen molar-refractivity contribution >= 4 is 15.8 Å². The molecule has 0 spiro atoms. The van der Waals surface area contributed by atoms with E-state index in [1.54, 1.807) is 7.05 Å². The van der Waals surface area contributed by atoms with E-state index in [2.05, 4.69) is 15.6 Å². The van der Waals surface area contributed by atoms with Crippen LogP contribution >= 0.6 is 0 Å². The van der Waals surface area contributed by atoms with E-state index in [0.29, 0.717) is 23.6 Å². The normalized spacial score (nSPS) is 12.3. The maximum atomic E-state index is 13.4. The lowest BCUT2D eigenvalue weighted by molar-refractivity contribution is 0.599. The summed E-state index contributed by atoms with van der Waals surface area (Å²) in [6.45, 7) is 3.13. The molecule has 0 heterocycles. The molecule has 0 radical (unpaired) electrons. The minimum Gasteiger partial charge on any atom is -0.356 e. The van der Waals surface area contributed by atoms with Crippen molar-refractivity contribution < 1.29 is 12.8 Å². The van der Waals surface area contributed by atoms with Gasteiger partial charge in [-0.1, -0.05) is 13.0 Å². The van der Waals surface area contributed by atoms with Gasteiger partial charge in [0.1, 0.15) is 5.82 Å². The van der Waals surface area contributed by atoms with E-state index in [-0.39, 0.29) is 11.6 Å². The Morgan fingerprint density at radius 2 is 2.00 bits per heavy atom. The largest absolute Gasteiger partial charge is 0.356 e. The minimum absolute atomic E-state index is 0.106. The number of benzene rings is 1. The molecule has 1 rings (SSSR count). The van der Waals surface area contributed by atoms with E-state index in [1.165, 1.54) is 18.2 Å². The number of hydrogen-bond donors (Lipinski definition) is 2. The fraction of sp³-hybridized carbons (Fsp3) is 0.500. The lowest BCUT2D eigenvalue weighted by Gasteiger charge is -2.13. The number of halogens is 1. The highest BCUT2D eigenvalue weighted by atomic mass is 32.2. The molecule has 0 aromatic heterocycles. The van der Waals surface area contributed by atoms with Crippen molar-refractivity contribution in [1.82, 2.24) is 10.6 Å². The molecule has 0 aliphatic rings. The molecule has 0 aliphatic heterocycles. The van der Waals surface area contributed by atoms with Gasteiger partial charge in [0.05, 0.1) is 5.75 Å². The van der Waals surface area contributed by atoms with E-state index in [0.717, 1.165) is 19.2 Å². The first-order chi connectivity index (χ1) is 9.85. The van der Waals surface area contributed by atoms with E-state index >= 15 is 0 Å². The second kappa shape index (κ2) is 7.97. The van der Waals surface area contributed by atoms with Crippen LogP contribution in [0.4, 0.5) is 4.39 Å². The van der Waals surface area contributed by atoms with Gasteiger partial charge in [0.15, 0.2) is 15.8 Å². The Bertz CT molecular complexity index is 600. The Labute approximate surface area is 125 Å². The summed E-state index contributed by atoms with van der Waals surface area (Å²) in [6.07, 6.45) is 2.12. The summed E-state index contributed by atoms with van der Waals surface area (Å²) in [5.74, 6) is 0.109. The van der Waals surface area contributed by atoms with Crippen LogP contribution in [0.1, 0.15) is 24.5 Å². The number of aliphatic imine (C=N–C) groups is 1. The molecule has 0 unspecified atom stereocenters. The summed E-state index contributed by atoms with van der Waals surface area (Å²) < 4.78 is 36.2. The topological polar surface area (TPSA) is 70.6 Å². The molecule has 0 fully saturated rings. The molecule has 5 nitrogen and oxygen atoms in total. The highest BCUT2D eigenvalue weighted by Crippen LogP contribution is 2.14. The molecule has 0 atom stereocenters. The summed E-state index contributed by atoms with van der Waals surface area (Å²) in [4.78, 5) is 4.05. The predicted octanol–water partition coefficient (Wildman–Crippen LogP) is 1.45. The van der Waals surface area contributed by atoms with E-state index in [4.69, 9.17) is 0 Å². The van der Waals surface area contributed by atoms with Crippen LogP contribution in [-0.4, -0.2) is 34.2 Å². The molecular formula is C14H22FN3O2S. The van der Waals surface area contributed by atoms with Gasteiger partial charge in [-0.3, -0.25) is 4.99 Å². The van der Waals surface area contributed by atoms with Crippen molar-refractivity contribution in [3.05, 3.63) is 35.1 Å². The zero-order valence-corrected chi connectivity index (χ0v) is 13.4. The molecule has 0 amide bonds. The smallest absolute Gasteiger partial charge is 0.191 e. The number of sulfone groups is 1. The van der Waals surface area contributed by atoms with Crippen LogP contribution in [0.2, 0.25) is 0 Å². The first-order valence-corrected chi connectivity index (χ1v) is 8.81. The van der Waals surface area contributed by atoms with Crippen LogP contribution in [-0.2, 0) is 22.1 Å². The number of hydrogen-bond acceptors (Lipinski definition) is 3. The number of nitrogens with one attached hydrogen (secondary N) is 2. The van der Waals surface area contributed by atoms with Crippen molar-refractivity contribution in [1.29, 1.82) is 0 Å². The van der Waals surface area contributed by atoms with Gasteiger partial charge in [-0.2, -0.15) is 0 Å². The second-order valence-electron chi connectivity index (χ2n) is 4.84. The summed E-state index contributed by atoms with van der Waals surface area (Å²) in [5.41, 5.74) is 1.21. The first kappa shape index (κ1) is 17.4. The molecule has 1 aromatic rings. The Hall–Kier alpha value is -1.63. The van der Waals surface area contributed by atoms with Crippen LogP contribution in [0.5, 0.6) is 0 Å². The maximum Gasteiger partial charge on any atom is 0.191 e. The van der Waals surface area contributed by atoms with Crippen LogP contribution in [0.25, 0.3) is 0 Å². The van der Waals surface area contributed by atoms with Crippen LogP contribution in [0, 0.1) is 5.82 Å². The fourth-order valence-corrected chi connectivity index (χ4v) is 2.67. The molecule has 1 aromatic carbocycles. The molecule has 2 N–H and O–H groups in total. The van der Waals surface area contributed by atoms with Crippen LogP contribution < -0.4 is 10.6 Å². The van der Waals surface area contributed by atoms with E-state index in [9.17, 15) is 12.8 Å². The average Bonchev–Trinajstić information content (AvgIpc) is 2.40. The zero-order valence-electron chi connectivity index (χ0n) is 12.6. The highest BCUT2D eigenvalue weighted by molar-refractivity contribution is 7.89. The Morgan fingerprint density at radius 1 is 1.29 bits per heavy atom. The Kier molecular flexibility index (Phi) is 6.61. The average molecular weight is 315 g/mol. The van der Waals surface area contributed by atoms with Gasteiger partial charge in [0.2, 0.25) is 0 Å². The number of nitrogens with zero attached hydrogens (tertiary/aromatic N) is 1. The van der Waals surface area contributed by atoms with Gasteiger partial charge < -0.3 is 10.6 Å². The van der Waals surface area contributed by atoms with Crippen LogP contribution in [0.15, 0.2) is 23.2 Å². The molecular weight excluding hydrogens is 293 g/mol. The van der Waals surface area contributed by atoms with Gasteiger partial charge in [-0.05, 0) is 29.7 Å². The highest BCUT2D eigenvalue weighted by Gasteiger charge is 2.11. The zero-order chi connectivity index (χ0) is 15.9. The fourth-order valence-electron chi connectivity index (χ4n) is 1.83. The minimum atomic E-state index is -3.17. The van der Waals surface area contributed by atoms with Gasteiger partial charge in [-0.25, -0.2) is 12.8 Å². The molecule has 118 valence electrons. The SMILES string of the molecule is CCCNC(=NC)NCc1cc(F)ccc1CS(C)(=O)=O. The van der Waals surface area contributed by atoms with Gasteiger partial charge in [0.25, 0.3) is 0 Å².